The van der Waals surface area contributed by atoms with Crippen LogP contribution in [0.1, 0.15) is 0 Å². The fraction of sp³-hybridized carbons (Fsp3) is 0. The second-order valence-corrected chi connectivity index (χ2v) is 3.15. The van der Waals surface area contributed by atoms with Gasteiger partial charge in [0.05, 0.1) is 5.15 Å². The molecule has 0 aliphatic rings. The SMILES string of the molecule is Clc1nc(I)nc2[nH][c-]nc12.[Y]. The molecule has 59 valence electrons. The van der Waals surface area contributed by atoms with Crippen molar-refractivity contribution >= 4 is 45.4 Å². The van der Waals surface area contributed by atoms with Crippen LogP contribution in [-0.2, 0) is 32.7 Å². The summed E-state index contributed by atoms with van der Waals surface area (Å²) in [6.07, 6.45) is 2.54. The van der Waals surface area contributed by atoms with E-state index >= 15 is 0 Å². The first-order valence-corrected chi connectivity index (χ1v) is 4.18. The maximum atomic E-state index is 5.75. The van der Waals surface area contributed by atoms with Gasteiger partial charge in [0.2, 0.25) is 0 Å². The molecule has 0 bridgehead atoms. The fourth-order valence-electron chi connectivity index (χ4n) is 0.725. The standard InChI is InChI=1S/C5HClIN4.Y/c6-3-2-4(9-1-8-2)11-5(7)10-3;/h(H,8,9,10,11);/q-1;. The summed E-state index contributed by atoms with van der Waals surface area (Å²) < 4.78 is 0.595. The number of halogens is 2. The Labute approximate surface area is 112 Å². The number of hydrogen-bond acceptors (Lipinski definition) is 3. The molecule has 0 fully saturated rings. The van der Waals surface area contributed by atoms with Crippen molar-refractivity contribution in [3.8, 4) is 0 Å². The molecule has 1 radical (unpaired) electrons. The summed E-state index contributed by atoms with van der Waals surface area (Å²) in [5.74, 6) is 0. The van der Waals surface area contributed by atoms with Crippen molar-refractivity contribution in [3.05, 3.63) is 15.3 Å². The minimum absolute atomic E-state index is 0. The van der Waals surface area contributed by atoms with E-state index in [-0.39, 0.29) is 32.7 Å². The van der Waals surface area contributed by atoms with Crippen LogP contribution in [0.25, 0.3) is 11.2 Å². The van der Waals surface area contributed by atoms with Gasteiger partial charge in [-0.1, -0.05) is 11.6 Å². The first-order valence-electron chi connectivity index (χ1n) is 2.72. The molecule has 7 heteroatoms. The number of fused-ring (bicyclic) bond motifs is 1. The van der Waals surface area contributed by atoms with Crippen molar-refractivity contribution in [1.82, 2.24) is 19.9 Å². The third-order valence-electron chi connectivity index (χ3n) is 1.16. The molecule has 0 aliphatic heterocycles. The zero-order valence-electron chi connectivity index (χ0n) is 5.67. The molecular weight excluding hydrogens is 367 g/mol. The van der Waals surface area contributed by atoms with E-state index in [2.05, 4.69) is 26.3 Å². The first kappa shape index (κ1) is 10.8. The summed E-state index contributed by atoms with van der Waals surface area (Å²) in [7, 11) is 0. The summed E-state index contributed by atoms with van der Waals surface area (Å²) in [5, 5.41) is 0.358. The van der Waals surface area contributed by atoms with Crippen LogP contribution < -0.4 is 0 Å². The van der Waals surface area contributed by atoms with Crippen molar-refractivity contribution in [3.63, 3.8) is 0 Å². The Morgan fingerprint density at radius 2 is 2.17 bits per heavy atom. The average Bonchev–Trinajstić information content (AvgIpc) is 2.34. The van der Waals surface area contributed by atoms with Gasteiger partial charge in [0.15, 0.2) is 3.83 Å². The van der Waals surface area contributed by atoms with Crippen molar-refractivity contribution in [2.75, 3.05) is 0 Å². The normalized spacial score (nSPS) is 9.83. The monoisotopic (exact) mass is 368 g/mol. The maximum Gasteiger partial charge on any atom is 0.179 e. The summed E-state index contributed by atoms with van der Waals surface area (Å²) in [5.41, 5.74) is 1.18. The molecule has 0 aliphatic carbocycles. The van der Waals surface area contributed by atoms with Crippen LogP contribution in [0.5, 0.6) is 0 Å². The molecule has 0 atom stereocenters. The van der Waals surface area contributed by atoms with Gasteiger partial charge in [-0.15, -0.1) is 0 Å². The first-order chi connectivity index (χ1) is 5.27. The van der Waals surface area contributed by atoms with Gasteiger partial charge in [-0.2, -0.15) is 0 Å². The van der Waals surface area contributed by atoms with Crippen molar-refractivity contribution in [2.24, 2.45) is 0 Å². The van der Waals surface area contributed by atoms with Crippen LogP contribution in [0.15, 0.2) is 0 Å². The van der Waals surface area contributed by atoms with Gasteiger partial charge in [-0.25, -0.2) is 4.98 Å². The second-order valence-electron chi connectivity index (χ2n) is 1.83. The summed E-state index contributed by atoms with van der Waals surface area (Å²) in [6.45, 7) is 0. The topological polar surface area (TPSA) is 54.5 Å². The van der Waals surface area contributed by atoms with Gasteiger partial charge >= 0.3 is 0 Å². The van der Waals surface area contributed by atoms with E-state index in [1.165, 1.54) is 0 Å². The maximum absolute atomic E-state index is 5.75. The molecule has 4 nitrogen and oxygen atoms in total. The molecule has 0 unspecified atom stereocenters. The molecule has 0 aromatic carbocycles. The minimum Gasteiger partial charge on any atom is -0.446 e. The average molecular weight is 368 g/mol. The Kier molecular flexibility index (Phi) is 3.82. The Bertz CT molecular complexity index is 403. The van der Waals surface area contributed by atoms with E-state index in [0.29, 0.717) is 20.1 Å². The Morgan fingerprint density at radius 1 is 1.42 bits per heavy atom. The van der Waals surface area contributed by atoms with E-state index in [4.69, 9.17) is 11.6 Å². The van der Waals surface area contributed by atoms with Gasteiger partial charge in [0.25, 0.3) is 0 Å². The molecule has 0 saturated heterocycles. The van der Waals surface area contributed by atoms with Crippen molar-refractivity contribution < 1.29 is 32.7 Å². The van der Waals surface area contributed by atoms with Crippen LogP contribution in [-0.4, -0.2) is 19.9 Å². The summed E-state index contributed by atoms with van der Waals surface area (Å²) in [4.78, 5) is 14.5. The van der Waals surface area contributed by atoms with Crippen LogP contribution >= 0.6 is 34.2 Å². The number of rotatable bonds is 0. The van der Waals surface area contributed by atoms with Crippen molar-refractivity contribution in [1.29, 1.82) is 0 Å². The number of hydrogen-bond donors (Lipinski definition) is 1. The second kappa shape index (κ2) is 4.26. The molecular formula is C5HClIN4Y-. The quantitative estimate of drug-likeness (QED) is 0.331. The fourth-order valence-corrected chi connectivity index (χ4v) is 1.56. The molecule has 1 N–H and O–H groups in total. The smallest absolute Gasteiger partial charge is 0.179 e. The van der Waals surface area contributed by atoms with Crippen LogP contribution in [0.3, 0.4) is 0 Å². The Balaban J connectivity index is 0.000000720. The van der Waals surface area contributed by atoms with Gasteiger partial charge in [0, 0.05) is 67.3 Å². The number of nitrogens with zero attached hydrogens (tertiary/aromatic N) is 3. The Hall–Kier alpha value is 0.674. The van der Waals surface area contributed by atoms with Crippen molar-refractivity contribution in [2.45, 2.75) is 0 Å². The number of imidazole rings is 1. The van der Waals surface area contributed by atoms with E-state index in [1.807, 2.05) is 22.6 Å². The number of aromatic nitrogens is 4. The van der Waals surface area contributed by atoms with Crippen LogP contribution in [0, 0.1) is 10.2 Å². The largest absolute Gasteiger partial charge is 0.446 e. The van der Waals surface area contributed by atoms with Gasteiger partial charge < -0.3 is 9.97 Å². The molecule has 2 aromatic rings. The molecule has 2 aromatic heterocycles. The van der Waals surface area contributed by atoms with E-state index in [9.17, 15) is 0 Å². The van der Waals surface area contributed by atoms with E-state index in [1.54, 1.807) is 0 Å². The van der Waals surface area contributed by atoms with Gasteiger partial charge in [0.1, 0.15) is 0 Å². The third kappa shape index (κ3) is 1.94. The molecule has 12 heavy (non-hydrogen) atoms. The van der Waals surface area contributed by atoms with E-state index < -0.39 is 0 Å². The van der Waals surface area contributed by atoms with E-state index in [0.717, 1.165) is 0 Å². The molecule has 0 amide bonds. The molecule has 0 spiro atoms. The Morgan fingerprint density at radius 3 is 2.92 bits per heavy atom. The summed E-state index contributed by atoms with van der Waals surface area (Å²) >= 11 is 7.73. The van der Waals surface area contributed by atoms with Gasteiger partial charge in [-0.3, -0.25) is 4.98 Å². The van der Waals surface area contributed by atoms with Crippen LogP contribution in [0.2, 0.25) is 5.15 Å². The minimum atomic E-state index is 0. The predicted molar refractivity (Wildman–Crippen MR) is 48.2 cm³/mol. The van der Waals surface area contributed by atoms with Gasteiger partial charge in [-0.05, 0) is 5.52 Å². The third-order valence-corrected chi connectivity index (χ3v) is 1.90. The zero-order valence-corrected chi connectivity index (χ0v) is 11.4. The number of nitrogens with one attached hydrogen (secondary N) is 1. The molecule has 2 rings (SSSR count). The zero-order chi connectivity index (χ0) is 7.84. The molecule has 0 saturated carbocycles. The number of H-pyrrole nitrogens is 1. The summed E-state index contributed by atoms with van der Waals surface area (Å²) in [6, 6.07) is 0. The van der Waals surface area contributed by atoms with Crippen LogP contribution in [0.4, 0.5) is 0 Å². The predicted octanol–water partition coefficient (Wildman–Crippen LogP) is 1.41. The molecule has 2 heterocycles. The number of aromatic amines is 1.